The lowest BCUT2D eigenvalue weighted by Crippen LogP contribution is -2.26. The molecule has 0 amide bonds. The standard InChI is InChI=1S/C27H20FN3O3S/c1-35(33,34)23-14-9-18(10-15-23)24-16-29-31(27(32)26(24)20-6-11-21(28)12-7-20)17-22-13-8-19-4-2-3-5-25(19)30-22/h2-16H,17H2,1H3. The lowest BCUT2D eigenvalue weighted by atomic mass is 9.97. The third-order valence-electron chi connectivity index (χ3n) is 5.74. The Kier molecular flexibility index (Phi) is 5.74. The average molecular weight is 486 g/mol. The number of fused-ring (bicyclic) bond motifs is 1. The summed E-state index contributed by atoms with van der Waals surface area (Å²) in [4.78, 5) is 18.4. The van der Waals surface area contributed by atoms with Gasteiger partial charge in [0.15, 0.2) is 9.84 Å². The molecule has 2 heterocycles. The van der Waals surface area contributed by atoms with Gasteiger partial charge in [0.05, 0.1) is 34.4 Å². The highest BCUT2D eigenvalue weighted by Crippen LogP contribution is 2.30. The van der Waals surface area contributed by atoms with Crippen LogP contribution in [0.25, 0.3) is 33.2 Å². The molecule has 0 aliphatic carbocycles. The van der Waals surface area contributed by atoms with Crippen LogP contribution in [0.4, 0.5) is 4.39 Å². The SMILES string of the molecule is CS(=O)(=O)c1ccc(-c2cnn(Cc3ccc4ccccc4n3)c(=O)c2-c2ccc(F)cc2)cc1. The number of sulfone groups is 1. The number of hydrogen-bond donors (Lipinski definition) is 0. The molecule has 0 unspecified atom stereocenters. The van der Waals surface area contributed by atoms with Crippen molar-refractivity contribution in [3.8, 4) is 22.3 Å². The van der Waals surface area contributed by atoms with E-state index in [0.29, 0.717) is 27.9 Å². The maximum Gasteiger partial charge on any atom is 0.275 e. The van der Waals surface area contributed by atoms with Crippen molar-refractivity contribution in [1.82, 2.24) is 14.8 Å². The number of pyridine rings is 1. The second-order valence-corrected chi connectivity index (χ2v) is 10.2. The van der Waals surface area contributed by atoms with Crippen molar-refractivity contribution in [3.05, 3.63) is 113 Å². The predicted molar refractivity (Wildman–Crippen MR) is 133 cm³/mol. The lowest BCUT2D eigenvalue weighted by molar-refractivity contribution is 0.602. The van der Waals surface area contributed by atoms with Crippen molar-refractivity contribution in [2.75, 3.05) is 6.26 Å². The van der Waals surface area contributed by atoms with Crippen molar-refractivity contribution in [3.63, 3.8) is 0 Å². The van der Waals surface area contributed by atoms with Crippen molar-refractivity contribution in [2.24, 2.45) is 0 Å². The predicted octanol–water partition coefficient (Wildman–Crippen LogP) is 4.72. The fourth-order valence-electron chi connectivity index (χ4n) is 3.95. The third kappa shape index (κ3) is 4.61. The Bertz CT molecular complexity index is 1710. The fraction of sp³-hybridized carbons (Fsp3) is 0.0741. The second-order valence-electron chi connectivity index (χ2n) is 8.19. The molecule has 0 saturated heterocycles. The highest BCUT2D eigenvalue weighted by atomic mass is 32.2. The molecule has 3 aromatic carbocycles. The van der Waals surface area contributed by atoms with E-state index in [-0.39, 0.29) is 17.0 Å². The minimum atomic E-state index is -3.36. The first-order chi connectivity index (χ1) is 16.8. The smallest absolute Gasteiger partial charge is 0.267 e. The molecule has 8 heteroatoms. The number of halogens is 1. The fourth-order valence-corrected chi connectivity index (χ4v) is 4.58. The Morgan fingerprint density at radius 3 is 2.26 bits per heavy atom. The Balaban J connectivity index is 1.63. The van der Waals surface area contributed by atoms with Gasteiger partial charge in [-0.2, -0.15) is 5.10 Å². The second kappa shape index (κ2) is 8.88. The molecule has 2 aromatic heterocycles. The highest BCUT2D eigenvalue weighted by molar-refractivity contribution is 7.90. The summed E-state index contributed by atoms with van der Waals surface area (Å²) in [6.45, 7) is 0.158. The van der Waals surface area contributed by atoms with Gasteiger partial charge in [0.25, 0.3) is 5.56 Å². The molecule has 0 N–H and O–H groups in total. The van der Waals surface area contributed by atoms with E-state index < -0.39 is 15.7 Å². The maximum atomic E-state index is 13.6. The molecule has 5 rings (SSSR count). The van der Waals surface area contributed by atoms with Crippen LogP contribution in [0.3, 0.4) is 0 Å². The van der Waals surface area contributed by atoms with Crippen LogP contribution < -0.4 is 5.56 Å². The Morgan fingerprint density at radius 1 is 0.857 bits per heavy atom. The van der Waals surface area contributed by atoms with Crippen molar-refractivity contribution < 1.29 is 12.8 Å². The number of rotatable bonds is 5. The normalized spacial score (nSPS) is 11.6. The van der Waals surface area contributed by atoms with Crippen LogP contribution in [0.1, 0.15) is 5.69 Å². The lowest BCUT2D eigenvalue weighted by Gasteiger charge is -2.13. The van der Waals surface area contributed by atoms with Gasteiger partial charge in [0.2, 0.25) is 0 Å². The third-order valence-corrected chi connectivity index (χ3v) is 6.87. The average Bonchev–Trinajstić information content (AvgIpc) is 2.85. The van der Waals surface area contributed by atoms with Crippen LogP contribution in [-0.2, 0) is 16.4 Å². The minimum absolute atomic E-state index is 0.158. The van der Waals surface area contributed by atoms with Gasteiger partial charge in [-0.15, -0.1) is 0 Å². The molecule has 5 aromatic rings. The summed E-state index contributed by atoms with van der Waals surface area (Å²) in [6.07, 6.45) is 2.70. The van der Waals surface area contributed by atoms with E-state index in [1.54, 1.807) is 30.5 Å². The molecule has 0 atom stereocenters. The Hall–Kier alpha value is -4.17. The molecular weight excluding hydrogens is 465 g/mol. The van der Waals surface area contributed by atoms with Crippen molar-refractivity contribution >= 4 is 20.7 Å². The molecular formula is C27H20FN3O3S. The summed E-state index contributed by atoms with van der Waals surface area (Å²) >= 11 is 0. The number of aromatic nitrogens is 3. The topological polar surface area (TPSA) is 81.9 Å². The van der Waals surface area contributed by atoms with Crippen LogP contribution in [-0.4, -0.2) is 29.4 Å². The molecule has 0 radical (unpaired) electrons. The van der Waals surface area contributed by atoms with Crippen molar-refractivity contribution in [1.29, 1.82) is 0 Å². The molecule has 0 saturated carbocycles. The summed E-state index contributed by atoms with van der Waals surface area (Å²) in [7, 11) is -3.36. The molecule has 174 valence electrons. The molecule has 0 aliphatic heterocycles. The number of nitrogens with zero attached hydrogens (tertiary/aromatic N) is 3. The number of benzene rings is 3. The van der Waals surface area contributed by atoms with E-state index in [0.717, 1.165) is 17.2 Å². The summed E-state index contributed by atoms with van der Waals surface area (Å²) < 4.78 is 38.6. The first kappa shape index (κ1) is 22.6. The maximum absolute atomic E-state index is 13.6. The number of para-hydroxylation sites is 1. The molecule has 6 nitrogen and oxygen atoms in total. The zero-order valence-electron chi connectivity index (χ0n) is 18.7. The summed E-state index contributed by atoms with van der Waals surface area (Å²) in [5.74, 6) is -0.414. The molecule has 0 aliphatic rings. The van der Waals surface area contributed by atoms with Gasteiger partial charge in [0.1, 0.15) is 5.82 Å². The zero-order valence-corrected chi connectivity index (χ0v) is 19.5. The van der Waals surface area contributed by atoms with Crippen LogP contribution in [0.2, 0.25) is 0 Å². The number of hydrogen-bond acceptors (Lipinski definition) is 5. The summed E-state index contributed by atoms with van der Waals surface area (Å²) in [5.41, 5.74) is 3.14. The van der Waals surface area contributed by atoms with E-state index in [4.69, 9.17) is 0 Å². The first-order valence-corrected chi connectivity index (χ1v) is 12.7. The van der Waals surface area contributed by atoms with Crippen LogP contribution in [0, 0.1) is 5.82 Å². The van der Waals surface area contributed by atoms with Gasteiger partial charge < -0.3 is 0 Å². The van der Waals surface area contributed by atoms with Crippen LogP contribution in [0.15, 0.2) is 101 Å². The largest absolute Gasteiger partial charge is 0.275 e. The zero-order chi connectivity index (χ0) is 24.6. The van der Waals surface area contributed by atoms with E-state index in [1.807, 2.05) is 36.4 Å². The molecule has 0 bridgehead atoms. The van der Waals surface area contributed by atoms with E-state index in [1.165, 1.54) is 28.9 Å². The van der Waals surface area contributed by atoms with Gasteiger partial charge >= 0.3 is 0 Å². The van der Waals surface area contributed by atoms with Gasteiger partial charge in [-0.05, 0) is 47.5 Å². The van der Waals surface area contributed by atoms with E-state index in [2.05, 4.69) is 10.1 Å². The summed E-state index contributed by atoms with van der Waals surface area (Å²) in [6, 6.07) is 23.4. The molecule has 0 spiro atoms. The van der Waals surface area contributed by atoms with E-state index >= 15 is 0 Å². The first-order valence-electron chi connectivity index (χ1n) is 10.8. The van der Waals surface area contributed by atoms with Gasteiger partial charge in [-0.25, -0.2) is 17.5 Å². The highest BCUT2D eigenvalue weighted by Gasteiger charge is 2.17. The molecule has 0 fully saturated rings. The van der Waals surface area contributed by atoms with E-state index in [9.17, 15) is 17.6 Å². The monoisotopic (exact) mass is 485 g/mol. The van der Waals surface area contributed by atoms with Gasteiger partial charge in [-0.3, -0.25) is 9.78 Å². The Labute approximate surface area is 201 Å². The van der Waals surface area contributed by atoms with Crippen molar-refractivity contribution in [2.45, 2.75) is 11.4 Å². The van der Waals surface area contributed by atoms with Gasteiger partial charge in [0, 0.05) is 17.2 Å². The van der Waals surface area contributed by atoms with Crippen LogP contribution >= 0.6 is 0 Å². The quantitative estimate of drug-likeness (QED) is 0.360. The molecule has 35 heavy (non-hydrogen) atoms. The minimum Gasteiger partial charge on any atom is -0.267 e. The van der Waals surface area contributed by atoms with Crippen LogP contribution in [0.5, 0.6) is 0 Å². The Morgan fingerprint density at radius 2 is 1.54 bits per heavy atom. The summed E-state index contributed by atoms with van der Waals surface area (Å²) in [5, 5.41) is 5.37. The van der Waals surface area contributed by atoms with Gasteiger partial charge in [-0.1, -0.05) is 48.5 Å².